The number of aromatic hydroxyl groups is 2. The minimum atomic E-state index is -2.87. The highest BCUT2D eigenvalue weighted by molar-refractivity contribution is 7.79. The van der Waals surface area contributed by atoms with Crippen molar-refractivity contribution in [2.24, 2.45) is 0 Å². The molecule has 8 nitrogen and oxygen atoms in total. The van der Waals surface area contributed by atoms with Gasteiger partial charge >= 0.3 is 0 Å². The average Bonchev–Trinajstić information content (AvgIpc) is 3.12. The zero-order valence-electron chi connectivity index (χ0n) is 24.9. The normalized spacial score (nSPS) is 11.1. The summed E-state index contributed by atoms with van der Waals surface area (Å²) < 4.78 is 27.5. The molecular formula is C36H34N4O4P2. The van der Waals surface area contributed by atoms with E-state index >= 15 is 0 Å². The molecule has 0 fully saturated rings. The van der Waals surface area contributed by atoms with Gasteiger partial charge in [-0.15, -0.1) is 0 Å². The molecule has 2 heterocycles. The van der Waals surface area contributed by atoms with Crippen LogP contribution < -0.4 is 31.9 Å². The molecule has 0 aliphatic heterocycles. The van der Waals surface area contributed by atoms with Crippen LogP contribution in [-0.2, 0) is 9.13 Å². The first-order valence-corrected chi connectivity index (χ1v) is 18.3. The van der Waals surface area contributed by atoms with E-state index in [9.17, 15) is 19.3 Å². The van der Waals surface area contributed by atoms with Gasteiger partial charge in [0, 0.05) is 33.6 Å². The van der Waals surface area contributed by atoms with E-state index in [2.05, 4.69) is 20.6 Å². The van der Waals surface area contributed by atoms with Crippen molar-refractivity contribution < 1.29 is 19.3 Å². The maximum Gasteiger partial charge on any atom is 0.168 e. The summed E-state index contributed by atoms with van der Waals surface area (Å²) in [5.74, 6) is 0.750. The summed E-state index contributed by atoms with van der Waals surface area (Å²) in [5.41, 5.74) is 0. The number of pyridine rings is 2. The largest absolute Gasteiger partial charge is 0.504 e. The number of aromatic nitrogens is 2. The van der Waals surface area contributed by atoms with Crippen LogP contribution in [0.3, 0.4) is 0 Å². The third-order valence-corrected chi connectivity index (χ3v) is 12.9. The minimum Gasteiger partial charge on any atom is -0.504 e. The number of hydrogen-bond donors (Lipinski definition) is 4. The SMILES string of the molecule is O=P(CNc1ncccc1O)(c1ccccc1)c1ccccc1.O=P(CNc1ncccc1O)(c1ccccc1)c1ccccc1. The first-order valence-electron chi connectivity index (χ1n) is 14.6. The summed E-state index contributed by atoms with van der Waals surface area (Å²) in [6.07, 6.45) is 3.53. The predicted octanol–water partition coefficient (Wildman–Crippen LogP) is 6.34. The van der Waals surface area contributed by atoms with Gasteiger partial charge in [-0.2, -0.15) is 0 Å². The summed E-state index contributed by atoms with van der Waals surface area (Å²) >= 11 is 0. The molecule has 0 atom stereocenters. The van der Waals surface area contributed by atoms with Crippen molar-refractivity contribution in [1.29, 1.82) is 0 Å². The van der Waals surface area contributed by atoms with Crippen LogP contribution in [0.4, 0.5) is 11.6 Å². The van der Waals surface area contributed by atoms with Crippen molar-refractivity contribution in [2.75, 3.05) is 23.2 Å². The fourth-order valence-electron chi connectivity index (χ4n) is 4.78. The smallest absolute Gasteiger partial charge is 0.168 e. The molecule has 0 amide bonds. The number of anilines is 2. The standard InChI is InChI=1S/2C18H17N2O2P/c2*21-17-12-7-13-19-18(17)20-14-23(22,15-8-3-1-4-9-15)16-10-5-2-6-11-16/h2*1-13,21H,14H2,(H,19,20). The second kappa shape index (κ2) is 15.2. The van der Waals surface area contributed by atoms with Crippen molar-refractivity contribution in [3.63, 3.8) is 0 Å². The van der Waals surface area contributed by atoms with Gasteiger partial charge in [0.15, 0.2) is 37.4 Å². The average molecular weight is 649 g/mol. The lowest BCUT2D eigenvalue weighted by Crippen LogP contribution is -2.22. The Labute approximate surface area is 268 Å². The highest BCUT2D eigenvalue weighted by Gasteiger charge is 2.28. The van der Waals surface area contributed by atoms with Crippen LogP contribution in [0, 0.1) is 0 Å². The minimum absolute atomic E-state index is 0.0418. The van der Waals surface area contributed by atoms with Crippen molar-refractivity contribution in [3.05, 3.63) is 158 Å². The molecular weight excluding hydrogens is 614 g/mol. The zero-order chi connectivity index (χ0) is 32.2. The van der Waals surface area contributed by atoms with E-state index in [4.69, 9.17) is 0 Å². The third kappa shape index (κ3) is 7.73. The molecule has 0 spiro atoms. The van der Waals surface area contributed by atoms with Gasteiger partial charge in [0.2, 0.25) is 0 Å². The lowest BCUT2D eigenvalue weighted by Gasteiger charge is -2.20. The lowest BCUT2D eigenvalue weighted by molar-refractivity contribution is 0.474. The Morgan fingerprint density at radius 1 is 0.435 bits per heavy atom. The van der Waals surface area contributed by atoms with Gasteiger partial charge in [0.1, 0.15) is 0 Å². The molecule has 10 heteroatoms. The van der Waals surface area contributed by atoms with Gasteiger partial charge in [0.05, 0.1) is 12.6 Å². The number of benzene rings is 4. The Morgan fingerprint density at radius 3 is 0.978 bits per heavy atom. The van der Waals surface area contributed by atoms with Crippen molar-refractivity contribution in [3.8, 4) is 11.5 Å². The van der Waals surface area contributed by atoms with Crippen molar-refractivity contribution >= 4 is 47.1 Å². The third-order valence-electron chi connectivity index (χ3n) is 7.20. The molecule has 0 bridgehead atoms. The first kappa shape index (κ1) is 32.2. The molecule has 0 saturated heterocycles. The van der Waals surface area contributed by atoms with E-state index in [0.717, 1.165) is 21.2 Å². The van der Waals surface area contributed by atoms with Crippen LogP contribution in [0.1, 0.15) is 0 Å². The second-order valence-electron chi connectivity index (χ2n) is 10.2. The van der Waals surface area contributed by atoms with Crippen LogP contribution in [0.2, 0.25) is 0 Å². The number of rotatable bonds is 10. The van der Waals surface area contributed by atoms with Crippen LogP contribution in [0.5, 0.6) is 11.5 Å². The molecule has 0 aliphatic rings. The number of hydrogen-bond acceptors (Lipinski definition) is 8. The van der Waals surface area contributed by atoms with Gasteiger partial charge in [-0.3, -0.25) is 0 Å². The highest BCUT2D eigenvalue weighted by atomic mass is 31.2. The van der Waals surface area contributed by atoms with Crippen LogP contribution >= 0.6 is 14.3 Å². The van der Waals surface area contributed by atoms with Gasteiger partial charge in [0.25, 0.3) is 0 Å². The Balaban J connectivity index is 0.000000181. The Morgan fingerprint density at radius 2 is 0.717 bits per heavy atom. The quantitative estimate of drug-likeness (QED) is 0.127. The molecule has 46 heavy (non-hydrogen) atoms. The molecule has 0 radical (unpaired) electrons. The van der Waals surface area contributed by atoms with Crippen molar-refractivity contribution in [2.45, 2.75) is 0 Å². The monoisotopic (exact) mass is 648 g/mol. The van der Waals surface area contributed by atoms with Crippen LogP contribution in [0.15, 0.2) is 158 Å². The molecule has 0 aliphatic carbocycles. The fourth-order valence-corrected chi connectivity index (χ4v) is 9.46. The van der Waals surface area contributed by atoms with Gasteiger partial charge in [-0.25, -0.2) is 9.97 Å². The van der Waals surface area contributed by atoms with Gasteiger partial charge in [-0.05, 0) is 24.3 Å². The van der Waals surface area contributed by atoms with E-state index in [1.807, 2.05) is 121 Å². The molecule has 4 aromatic carbocycles. The van der Waals surface area contributed by atoms with E-state index in [1.165, 1.54) is 0 Å². The molecule has 2 aromatic heterocycles. The summed E-state index contributed by atoms with van der Waals surface area (Å²) in [7, 11) is -5.74. The van der Waals surface area contributed by atoms with Gasteiger partial charge < -0.3 is 30.0 Å². The molecule has 4 N–H and O–H groups in total. The van der Waals surface area contributed by atoms with E-state index in [0.29, 0.717) is 11.6 Å². The topological polar surface area (TPSA) is 124 Å². The summed E-state index contributed by atoms with van der Waals surface area (Å²) in [5, 5.41) is 28.8. The summed E-state index contributed by atoms with van der Waals surface area (Å²) in [6, 6.07) is 44.0. The van der Waals surface area contributed by atoms with E-state index in [-0.39, 0.29) is 24.1 Å². The predicted molar refractivity (Wildman–Crippen MR) is 188 cm³/mol. The summed E-state index contributed by atoms with van der Waals surface area (Å²) in [6.45, 7) is 0. The Bertz CT molecular complexity index is 1700. The first-order chi connectivity index (χ1) is 22.4. The number of nitrogens with one attached hydrogen (secondary N) is 2. The fraction of sp³-hybridized carbons (Fsp3) is 0.0556. The lowest BCUT2D eigenvalue weighted by atomic mass is 10.4. The molecule has 6 rings (SSSR count). The molecule has 0 unspecified atom stereocenters. The van der Waals surface area contributed by atoms with E-state index < -0.39 is 14.3 Å². The maximum absolute atomic E-state index is 13.7. The molecule has 6 aromatic rings. The number of nitrogens with zero attached hydrogens (tertiary/aromatic N) is 2. The van der Waals surface area contributed by atoms with Crippen LogP contribution in [0.25, 0.3) is 0 Å². The summed E-state index contributed by atoms with van der Waals surface area (Å²) in [4.78, 5) is 8.17. The Hall–Kier alpha value is -5.16. The molecule has 0 saturated carbocycles. The van der Waals surface area contributed by atoms with Crippen LogP contribution in [-0.4, -0.2) is 32.8 Å². The van der Waals surface area contributed by atoms with Crippen molar-refractivity contribution in [1.82, 2.24) is 9.97 Å². The Kier molecular flexibility index (Phi) is 10.7. The second-order valence-corrected chi connectivity index (χ2v) is 15.9. The molecule has 232 valence electrons. The van der Waals surface area contributed by atoms with Gasteiger partial charge in [-0.1, -0.05) is 121 Å². The highest BCUT2D eigenvalue weighted by Crippen LogP contribution is 2.44. The van der Waals surface area contributed by atoms with E-state index in [1.54, 1.807) is 36.7 Å². The maximum atomic E-state index is 13.7. The zero-order valence-corrected chi connectivity index (χ0v) is 26.7.